The zero-order valence-corrected chi connectivity index (χ0v) is 9.97. The first-order valence-corrected chi connectivity index (χ1v) is 7.74. The van der Waals surface area contributed by atoms with Gasteiger partial charge in [-0.15, -0.1) is 0 Å². The van der Waals surface area contributed by atoms with Crippen molar-refractivity contribution >= 4 is 15.6 Å². The summed E-state index contributed by atoms with van der Waals surface area (Å²) < 4.78 is 46.6. The van der Waals surface area contributed by atoms with Crippen molar-refractivity contribution in [1.82, 2.24) is 10.5 Å². The van der Waals surface area contributed by atoms with Gasteiger partial charge in [-0.2, -0.15) is 22.8 Å². The van der Waals surface area contributed by atoms with E-state index in [4.69, 9.17) is 18.5 Å². The van der Waals surface area contributed by atoms with Gasteiger partial charge in [-0.05, 0) is 23.3 Å². The molecule has 0 aromatic heterocycles. The zero-order valence-electron chi connectivity index (χ0n) is 8.18. The van der Waals surface area contributed by atoms with Gasteiger partial charge in [0.1, 0.15) is 0 Å². The molecule has 0 spiro atoms. The summed E-state index contributed by atoms with van der Waals surface area (Å²) in [5.41, 5.74) is 0. The third-order valence-corrected chi connectivity index (χ3v) is 5.27. The fraction of sp³-hybridized carbons (Fsp3) is 1.00. The average Bonchev–Trinajstić information content (AvgIpc) is 2.08. The third kappa shape index (κ3) is 2.11. The molecule has 5 heterocycles. The van der Waals surface area contributed by atoms with Crippen LogP contribution in [0.4, 0.5) is 0 Å². The predicted octanol–water partition coefficient (Wildman–Crippen LogP) is 1.76. The highest BCUT2D eigenvalue weighted by Crippen LogP contribution is 2.74. The first-order chi connectivity index (χ1) is 7.57. The lowest BCUT2D eigenvalue weighted by Gasteiger charge is -2.40. The van der Waals surface area contributed by atoms with Gasteiger partial charge >= 0.3 is 15.6 Å². The van der Waals surface area contributed by atoms with Crippen LogP contribution in [-0.2, 0) is 31.9 Å². The molecule has 4 bridgehead atoms. The number of rotatable bonds is 0. The number of hydroxylamine groups is 4. The van der Waals surface area contributed by atoms with Crippen molar-refractivity contribution in [3.8, 4) is 0 Å². The van der Waals surface area contributed by atoms with Crippen molar-refractivity contribution in [2.45, 2.75) is 19.3 Å². The lowest BCUT2D eigenvalue weighted by Crippen LogP contribution is -2.38. The molecule has 0 amide bonds. The van der Waals surface area contributed by atoms with Gasteiger partial charge in [0.05, 0.1) is 13.1 Å². The Morgan fingerprint density at radius 3 is 1.62 bits per heavy atom. The minimum absolute atomic E-state index is 0.485. The summed E-state index contributed by atoms with van der Waals surface area (Å²) in [4.78, 5) is 0. The molecular weight excluding hydrogens is 262 g/mol. The SMILES string of the molecule is O=P12ON(CCCCCN3OP(=O)(O3)O1)O2. The van der Waals surface area contributed by atoms with Crippen LogP contribution < -0.4 is 0 Å². The fourth-order valence-corrected chi connectivity index (χ4v) is 4.16. The maximum Gasteiger partial charge on any atom is 0.521 e. The molecule has 5 fully saturated rings. The second-order valence-corrected chi connectivity index (χ2v) is 6.57. The molecule has 11 heteroatoms. The highest BCUT2D eigenvalue weighted by Gasteiger charge is 2.57. The van der Waals surface area contributed by atoms with Crippen molar-refractivity contribution in [3.63, 3.8) is 0 Å². The molecule has 16 heavy (non-hydrogen) atoms. The van der Waals surface area contributed by atoms with E-state index in [-0.39, 0.29) is 0 Å². The molecular formula is C5H10N2O7P2. The molecule has 0 radical (unpaired) electrons. The molecule has 0 aromatic rings. The van der Waals surface area contributed by atoms with Crippen LogP contribution in [-0.4, -0.2) is 23.5 Å². The van der Waals surface area contributed by atoms with E-state index in [0.29, 0.717) is 13.1 Å². The van der Waals surface area contributed by atoms with E-state index in [1.807, 2.05) is 0 Å². The minimum atomic E-state index is -3.79. The van der Waals surface area contributed by atoms with E-state index in [1.165, 1.54) is 0 Å². The van der Waals surface area contributed by atoms with Crippen molar-refractivity contribution in [2.75, 3.05) is 13.1 Å². The molecule has 9 nitrogen and oxygen atoms in total. The fourth-order valence-electron chi connectivity index (χ4n) is 1.46. The first kappa shape index (κ1) is 11.3. The van der Waals surface area contributed by atoms with Gasteiger partial charge in [-0.3, -0.25) is 0 Å². The summed E-state index contributed by atoms with van der Waals surface area (Å²) in [5, 5.41) is 2.10. The Hall–Kier alpha value is 0.180. The third-order valence-electron chi connectivity index (χ3n) is 2.15. The average molecular weight is 272 g/mol. The molecule has 5 rings (SSSR count). The lowest BCUT2D eigenvalue weighted by molar-refractivity contribution is -0.370. The van der Waals surface area contributed by atoms with Crippen molar-refractivity contribution in [1.29, 1.82) is 0 Å². The Balaban J connectivity index is 1.69. The highest BCUT2D eigenvalue weighted by atomic mass is 31.3. The molecule has 0 aromatic carbocycles. The minimum Gasteiger partial charge on any atom is -0.224 e. The van der Waals surface area contributed by atoms with Crippen LogP contribution in [0.5, 0.6) is 0 Å². The molecule has 5 aliphatic heterocycles. The van der Waals surface area contributed by atoms with E-state index in [0.717, 1.165) is 29.7 Å². The number of hydrogen-bond donors (Lipinski definition) is 0. The molecule has 0 atom stereocenters. The summed E-state index contributed by atoms with van der Waals surface area (Å²) in [6.07, 6.45) is 2.51. The van der Waals surface area contributed by atoms with Crippen LogP contribution >= 0.6 is 15.6 Å². The van der Waals surface area contributed by atoms with E-state index in [9.17, 15) is 9.13 Å². The zero-order chi connectivity index (χ0) is 11.2. The monoisotopic (exact) mass is 272 g/mol. The summed E-state index contributed by atoms with van der Waals surface area (Å²) in [7, 11) is -7.58. The number of hydrogen-bond acceptors (Lipinski definition) is 9. The van der Waals surface area contributed by atoms with Gasteiger partial charge < -0.3 is 0 Å². The number of phosphoric acid groups is 2. The molecule has 0 aliphatic carbocycles. The molecule has 0 N–H and O–H groups in total. The van der Waals surface area contributed by atoms with Crippen LogP contribution in [0.25, 0.3) is 0 Å². The Morgan fingerprint density at radius 1 is 0.750 bits per heavy atom. The van der Waals surface area contributed by atoms with E-state index >= 15 is 0 Å². The molecule has 0 saturated carbocycles. The topological polar surface area (TPSA) is 86.8 Å². The van der Waals surface area contributed by atoms with Crippen LogP contribution in [0.15, 0.2) is 0 Å². The van der Waals surface area contributed by atoms with E-state index in [1.54, 1.807) is 0 Å². The van der Waals surface area contributed by atoms with Crippen LogP contribution in [0.3, 0.4) is 0 Å². The highest BCUT2D eigenvalue weighted by molar-refractivity contribution is 7.62. The lowest BCUT2D eigenvalue weighted by atomic mass is 10.2. The molecule has 5 saturated heterocycles. The Bertz CT molecular complexity index is 335. The van der Waals surface area contributed by atoms with Gasteiger partial charge in [-0.1, -0.05) is 6.42 Å². The summed E-state index contributed by atoms with van der Waals surface area (Å²) >= 11 is 0. The normalized spacial score (nSPS) is 52.8. The maximum atomic E-state index is 11.5. The van der Waals surface area contributed by atoms with Gasteiger partial charge in [0.15, 0.2) is 0 Å². The van der Waals surface area contributed by atoms with E-state index < -0.39 is 15.6 Å². The van der Waals surface area contributed by atoms with Crippen LogP contribution in [0.1, 0.15) is 19.3 Å². The van der Waals surface area contributed by atoms with Gasteiger partial charge in [0, 0.05) is 0 Å². The largest absolute Gasteiger partial charge is 0.521 e. The Morgan fingerprint density at radius 2 is 1.19 bits per heavy atom. The molecule has 92 valence electrons. The van der Waals surface area contributed by atoms with Crippen LogP contribution in [0, 0.1) is 0 Å². The summed E-state index contributed by atoms with van der Waals surface area (Å²) in [5.74, 6) is 0. The van der Waals surface area contributed by atoms with Crippen LogP contribution in [0.2, 0.25) is 0 Å². The second kappa shape index (κ2) is 3.84. The predicted molar refractivity (Wildman–Crippen MR) is 47.9 cm³/mol. The first-order valence-electron chi connectivity index (χ1n) is 4.82. The Labute approximate surface area is 91.2 Å². The van der Waals surface area contributed by atoms with Gasteiger partial charge in [0.25, 0.3) is 0 Å². The summed E-state index contributed by atoms with van der Waals surface area (Å²) in [6.45, 7) is 0.971. The smallest absolute Gasteiger partial charge is 0.224 e. The number of nitrogens with zero attached hydrogens (tertiary/aromatic N) is 2. The molecule has 5 aliphatic rings. The maximum absolute atomic E-state index is 11.5. The van der Waals surface area contributed by atoms with Crippen molar-refractivity contribution in [2.24, 2.45) is 0 Å². The standard InChI is InChI=1S/C5H10N2O7P2/c8-15-10-6(11-15)4-2-1-3-5-7-12-16(9,13-7)14-15/h1-5H2. The second-order valence-electron chi connectivity index (χ2n) is 3.48. The summed E-state index contributed by atoms with van der Waals surface area (Å²) in [6, 6.07) is 0. The molecule has 0 unspecified atom stereocenters. The Kier molecular flexibility index (Phi) is 2.71. The quantitative estimate of drug-likeness (QED) is 0.612. The van der Waals surface area contributed by atoms with Crippen molar-refractivity contribution < 1.29 is 31.9 Å². The van der Waals surface area contributed by atoms with E-state index in [2.05, 4.69) is 4.31 Å². The van der Waals surface area contributed by atoms with Gasteiger partial charge in [-0.25, -0.2) is 9.13 Å². The van der Waals surface area contributed by atoms with Crippen molar-refractivity contribution in [3.05, 3.63) is 0 Å². The van der Waals surface area contributed by atoms with Gasteiger partial charge in [0.2, 0.25) is 0 Å².